The van der Waals surface area contributed by atoms with Crippen molar-refractivity contribution in [2.24, 2.45) is 5.92 Å². The molecule has 1 atom stereocenters. The molecule has 0 spiro atoms. The fraction of sp³-hybridized carbons (Fsp3) is 0.562. The summed E-state index contributed by atoms with van der Waals surface area (Å²) >= 11 is 0. The molecule has 1 aliphatic heterocycles. The molecular formula is C16H24N2O. The molecule has 1 fully saturated rings. The van der Waals surface area contributed by atoms with Gasteiger partial charge in [-0.3, -0.25) is 4.79 Å². The Morgan fingerprint density at radius 1 is 1.42 bits per heavy atom. The van der Waals surface area contributed by atoms with Crippen LogP contribution in [0.5, 0.6) is 0 Å². The van der Waals surface area contributed by atoms with Crippen molar-refractivity contribution in [1.29, 1.82) is 0 Å². The molecule has 1 unspecified atom stereocenters. The summed E-state index contributed by atoms with van der Waals surface area (Å²) in [5, 5.41) is 0. The van der Waals surface area contributed by atoms with Crippen LogP contribution in [0.3, 0.4) is 0 Å². The molecule has 1 amide bonds. The highest BCUT2D eigenvalue weighted by molar-refractivity contribution is 5.78. The van der Waals surface area contributed by atoms with Crippen LogP contribution in [0.25, 0.3) is 0 Å². The molecule has 0 aliphatic carbocycles. The number of nitrogens with zero attached hydrogens (tertiary/aromatic N) is 1. The van der Waals surface area contributed by atoms with E-state index in [0.717, 1.165) is 30.6 Å². The van der Waals surface area contributed by atoms with Crippen molar-refractivity contribution >= 4 is 11.6 Å². The zero-order valence-electron chi connectivity index (χ0n) is 12.1. The SMILES string of the molecule is CC1CN(C(=O)CCc2ccccc2N)C(C)(C)C1. The Balaban J connectivity index is 1.97. The molecule has 1 aliphatic rings. The van der Waals surface area contributed by atoms with Gasteiger partial charge in [0.1, 0.15) is 0 Å². The van der Waals surface area contributed by atoms with Crippen molar-refractivity contribution < 1.29 is 4.79 Å². The molecule has 3 heteroatoms. The van der Waals surface area contributed by atoms with E-state index in [4.69, 9.17) is 5.73 Å². The molecule has 1 aromatic rings. The Hall–Kier alpha value is -1.51. The molecule has 3 nitrogen and oxygen atoms in total. The molecule has 0 bridgehead atoms. The smallest absolute Gasteiger partial charge is 0.223 e. The van der Waals surface area contributed by atoms with Gasteiger partial charge in [0.2, 0.25) is 5.91 Å². The van der Waals surface area contributed by atoms with Crippen LogP contribution in [-0.4, -0.2) is 22.9 Å². The number of carbonyl (C=O) groups excluding carboxylic acids is 1. The first kappa shape index (κ1) is 13.9. The van der Waals surface area contributed by atoms with Crippen molar-refractivity contribution in [3.63, 3.8) is 0 Å². The van der Waals surface area contributed by atoms with Gasteiger partial charge in [-0.25, -0.2) is 0 Å². The van der Waals surface area contributed by atoms with Crippen molar-refractivity contribution in [3.8, 4) is 0 Å². The highest BCUT2D eigenvalue weighted by Crippen LogP contribution is 2.32. The predicted octanol–water partition coefficient (Wildman–Crippen LogP) is 2.85. The predicted molar refractivity (Wildman–Crippen MR) is 78.7 cm³/mol. The second-order valence-electron chi connectivity index (χ2n) is 6.32. The van der Waals surface area contributed by atoms with Crippen LogP contribution in [0.2, 0.25) is 0 Å². The molecular weight excluding hydrogens is 236 g/mol. The molecule has 0 radical (unpaired) electrons. The summed E-state index contributed by atoms with van der Waals surface area (Å²) in [5.41, 5.74) is 7.76. The third kappa shape index (κ3) is 3.09. The third-order valence-electron chi connectivity index (χ3n) is 4.04. The number of para-hydroxylation sites is 1. The van der Waals surface area contributed by atoms with E-state index in [1.165, 1.54) is 0 Å². The lowest BCUT2D eigenvalue weighted by molar-refractivity contribution is -0.134. The van der Waals surface area contributed by atoms with Crippen LogP contribution < -0.4 is 5.73 Å². The maximum absolute atomic E-state index is 12.4. The Kier molecular flexibility index (Phi) is 3.83. The van der Waals surface area contributed by atoms with Crippen LogP contribution >= 0.6 is 0 Å². The highest BCUT2D eigenvalue weighted by Gasteiger charge is 2.38. The van der Waals surface area contributed by atoms with Crippen molar-refractivity contribution in [2.75, 3.05) is 12.3 Å². The number of anilines is 1. The average molecular weight is 260 g/mol. The van der Waals surface area contributed by atoms with Gasteiger partial charge in [-0.05, 0) is 44.2 Å². The van der Waals surface area contributed by atoms with Gasteiger partial charge < -0.3 is 10.6 Å². The Labute approximate surface area is 115 Å². The number of aryl methyl sites for hydroxylation is 1. The minimum atomic E-state index is -0.00126. The Bertz CT molecular complexity index is 468. The molecule has 0 aromatic heterocycles. The number of nitrogen functional groups attached to an aromatic ring is 1. The number of rotatable bonds is 3. The first-order valence-corrected chi connectivity index (χ1v) is 7.04. The fourth-order valence-electron chi connectivity index (χ4n) is 3.16. The lowest BCUT2D eigenvalue weighted by Crippen LogP contribution is -2.42. The molecule has 2 rings (SSSR count). The molecule has 1 heterocycles. The number of amides is 1. The Morgan fingerprint density at radius 2 is 2.11 bits per heavy atom. The van der Waals surface area contributed by atoms with E-state index in [2.05, 4.69) is 20.8 Å². The van der Waals surface area contributed by atoms with Crippen LogP contribution in [0.15, 0.2) is 24.3 Å². The van der Waals surface area contributed by atoms with E-state index in [9.17, 15) is 4.79 Å². The standard InChI is InChI=1S/C16H24N2O/c1-12-10-16(2,3)18(11-12)15(19)9-8-13-6-4-5-7-14(13)17/h4-7,12H,8-11,17H2,1-3H3. The van der Waals surface area contributed by atoms with Gasteiger partial charge in [-0.1, -0.05) is 25.1 Å². The van der Waals surface area contributed by atoms with Crippen molar-refractivity contribution in [3.05, 3.63) is 29.8 Å². The van der Waals surface area contributed by atoms with E-state index in [-0.39, 0.29) is 11.4 Å². The quantitative estimate of drug-likeness (QED) is 0.849. The first-order chi connectivity index (χ1) is 8.90. The second kappa shape index (κ2) is 5.24. The van der Waals surface area contributed by atoms with E-state index >= 15 is 0 Å². The van der Waals surface area contributed by atoms with E-state index in [1.54, 1.807) is 0 Å². The van der Waals surface area contributed by atoms with Gasteiger partial charge >= 0.3 is 0 Å². The van der Waals surface area contributed by atoms with Gasteiger partial charge in [0.05, 0.1) is 0 Å². The summed E-state index contributed by atoms with van der Waals surface area (Å²) in [4.78, 5) is 14.4. The van der Waals surface area contributed by atoms with E-state index in [0.29, 0.717) is 12.3 Å². The summed E-state index contributed by atoms with van der Waals surface area (Å²) in [6, 6.07) is 7.78. The normalized spacial score (nSPS) is 21.6. The van der Waals surface area contributed by atoms with Crippen LogP contribution in [0.4, 0.5) is 5.69 Å². The Morgan fingerprint density at radius 3 is 2.68 bits per heavy atom. The van der Waals surface area contributed by atoms with E-state index < -0.39 is 0 Å². The molecule has 2 N–H and O–H groups in total. The molecule has 104 valence electrons. The topological polar surface area (TPSA) is 46.3 Å². The minimum absolute atomic E-state index is 0.00126. The minimum Gasteiger partial charge on any atom is -0.399 e. The summed E-state index contributed by atoms with van der Waals surface area (Å²) < 4.78 is 0. The van der Waals surface area contributed by atoms with E-state index in [1.807, 2.05) is 29.2 Å². The number of nitrogens with two attached hydrogens (primary N) is 1. The molecule has 1 aromatic carbocycles. The zero-order chi connectivity index (χ0) is 14.0. The third-order valence-corrected chi connectivity index (χ3v) is 4.04. The summed E-state index contributed by atoms with van der Waals surface area (Å²) in [5.74, 6) is 0.846. The van der Waals surface area contributed by atoms with Gasteiger partial charge in [0.15, 0.2) is 0 Å². The maximum Gasteiger partial charge on any atom is 0.223 e. The largest absolute Gasteiger partial charge is 0.399 e. The monoisotopic (exact) mass is 260 g/mol. The number of hydrogen-bond donors (Lipinski definition) is 1. The van der Waals surface area contributed by atoms with Crippen LogP contribution in [0.1, 0.15) is 39.2 Å². The van der Waals surface area contributed by atoms with Gasteiger partial charge in [-0.2, -0.15) is 0 Å². The van der Waals surface area contributed by atoms with Gasteiger partial charge in [0, 0.05) is 24.2 Å². The number of benzene rings is 1. The number of likely N-dealkylation sites (tertiary alicyclic amines) is 1. The fourth-order valence-corrected chi connectivity index (χ4v) is 3.16. The summed E-state index contributed by atoms with van der Waals surface area (Å²) in [6.45, 7) is 7.41. The average Bonchev–Trinajstić information content (AvgIpc) is 2.61. The lowest BCUT2D eigenvalue weighted by atomic mass is 9.97. The molecule has 1 saturated heterocycles. The second-order valence-corrected chi connectivity index (χ2v) is 6.32. The summed E-state index contributed by atoms with van der Waals surface area (Å²) in [6.07, 6.45) is 2.36. The number of carbonyl (C=O) groups is 1. The first-order valence-electron chi connectivity index (χ1n) is 7.04. The molecule has 0 saturated carbocycles. The van der Waals surface area contributed by atoms with Crippen LogP contribution in [0, 0.1) is 5.92 Å². The number of hydrogen-bond acceptors (Lipinski definition) is 2. The molecule has 19 heavy (non-hydrogen) atoms. The lowest BCUT2D eigenvalue weighted by Gasteiger charge is -2.31. The van der Waals surface area contributed by atoms with Crippen LogP contribution in [-0.2, 0) is 11.2 Å². The van der Waals surface area contributed by atoms with Gasteiger partial charge in [-0.15, -0.1) is 0 Å². The summed E-state index contributed by atoms with van der Waals surface area (Å²) in [7, 11) is 0. The van der Waals surface area contributed by atoms with Gasteiger partial charge in [0.25, 0.3) is 0 Å². The highest BCUT2D eigenvalue weighted by atomic mass is 16.2. The maximum atomic E-state index is 12.4. The van der Waals surface area contributed by atoms with Crippen molar-refractivity contribution in [2.45, 2.75) is 45.6 Å². The van der Waals surface area contributed by atoms with Crippen molar-refractivity contribution in [1.82, 2.24) is 4.90 Å². The zero-order valence-corrected chi connectivity index (χ0v) is 12.1.